The Hall–Kier alpha value is 0.230. The van der Waals surface area contributed by atoms with Crippen LogP contribution in [0.4, 0.5) is 4.79 Å². The van der Waals surface area contributed by atoms with Crippen molar-refractivity contribution in [2.75, 3.05) is 0 Å². The average Bonchev–Trinajstić information content (AvgIpc) is 2.26. The molecular formula is C13H27Br2NO2. The molecule has 0 saturated carbocycles. The first-order valence-corrected chi connectivity index (χ1v) is 7.63. The molecule has 0 spiro atoms. The van der Waals surface area contributed by atoms with Crippen LogP contribution in [0.5, 0.6) is 0 Å². The van der Waals surface area contributed by atoms with Gasteiger partial charge in [0.1, 0.15) is 0 Å². The molecule has 0 heterocycles. The molecular weight excluding hydrogens is 362 g/mol. The monoisotopic (exact) mass is 387 g/mol. The molecule has 0 aromatic heterocycles. The number of unbranched alkanes of at least 4 members (excludes halogenated alkanes) is 6. The number of alkyl halides is 1. The number of hydrogen-bond acceptors (Lipinski definition) is 1. The topological polar surface area (TPSA) is 49.3 Å². The lowest BCUT2D eigenvalue weighted by Gasteiger charge is -2.17. The van der Waals surface area contributed by atoms with E-state index >= 15 is 0 Å². The molecule has 110 valence electrons. The molecule has 0 rings (SSSR count). The van der Waals surface area contributed by atoms with Crippen LogP contribution in [-0.2, 0) is 0 Å². The van der Waals surface area contributed by atoms with Crippen LogP contribution >= 0.6 is 32.9 Å². The fourth-order valence-electron chi connectivity index (χ4n) is 1.83. The number of amides is 1. The van der Waals surface area contributed by atoms with Gasteiger partial charge in [0.15, 0.2) is 0 Å². The van der Waals surface area contributed by atoms with E-state index in [2.05, 4.69) is 35.1 Å². The highest BCUT2D eigenvalue weighted by Crippen LogP contribution is 2.18. The molecule has 2 unspecified atom stereocenters. The second kappa shape index (κ2) is 13.7. The zero-order chi connectivity index (χ0) is 13.1. The molecule has 0 bridgehead atoms. The van der Waals surface area contributed by atoms with E-state index in [9.17, 15) is 4.79 Å². The van der Waals surface area contributed by atoms with Crippen molar-refractivity contribution in [3.05, 3.63) is 0 Å². The van der Waals surface area contributed by atoms with Gasteiger partial charge in [0, 0.05) is 0 Å². The number of hydrogen-bond donors (Lipinski definition) is 2. The molecule has 0 fully saturated rings. The maximum Gasteiger partial charge on any atom is 0.405 e. The van der Waals surface area contributed by atoms with Crippen LogP contribution in [0, 0.1) is 5.92 Å². The van der Waals surface area contributed by atoms with Gasteiger partial charge < -0.3 is 10.4 Å². The van der Waals surface area contributed by atoms with Gasteiger partial charge in [-0.05, 0) is 12.3 Å². The summed E-state index contributed by atoms with van der Waals surface area (Å²) in [6, 6.07) is 0. The number of nitrogens with one attached hydrogen (secondary N) is 1. The van der Waals surface area contributed by atoms with Crippen LogP contribution in [-0.4, -0.2) is 16.2 Å². The fourth-order valence-corrected chi connectivity index (χ4v) is 2.29. The summed E-state index contributed by atoms with van der Waals surface area (Å²) in [5.41, 5.74) is 0. The quantitative estimate of drug-likeness (QED) is 0.302. The number of rotatable bonds is 10. The summed E-state index contributed by atoms with van der Waals surface area (Å²) in [6.45, 7) is 4.31. The van der Waals surface area contributed by atoms with E-state index in [1.165, 1.54) is 44.9 Å². The first kappa shape index (κ1) is 20.5. The third-order valence-electron chi connectivity index (χ3n) is 3.02. The highest BCUT2D eigenvalue weighted by atomic mass is 79.9. The maximum absolute atomic E-state index is 10.4. The van der Waals surface area contributed by atoms with E-state index < -0.39 is 6.09 Å². The zero-order valence-corrected chi connectivity index (χ0v) is 14.8. The first-order valence-electron chi connectivity index (χ1n) is 6.71. The highest BCUT2D eigenvalue weighted by Gasteiger charge is 2.14. The molecule has 1 amide bonds. The Balaban J connectivity index is 0. The summed E-state index contributed by atoms with van der Waals surface area (Å²) < 4.78 is 0. The van der Waals surface area contributed by atoms with Crippen molar-refractivity contribution in [1.29, 1.82) is 0 Å². The second-order valence-corrected chi connectivity index (χ2v) is 5.73. The standard InChI is InChI=1S/C13H26BrNO2.BrH/c1-3-4-5-6-7-8-9-10-11(2)12(14)15-13(16)17;/h11-12,15H,3-10H2,1-2H3,(H,16,17);1H. The van der Waals surface area contributed by atoms with Gasteiger partial charge in [0.05, 0.1) is 4.95 Å². The lowest BCUT2D eigenvalue weighted by molar-refractivity contribution is 0.191. The van der Waals surface area contributed by atoms with Crippen molar-refractivity contribution in [3.8, 4) is 0 Å². The van der Waals surface area contributed by atoms with Crippen LogP contribution in [0.25, 0.3) is 0 Å². The van der Waals surface area contributed by atoms with Gasteiger partial charge in [-0.3, -0.25) is 0 Å². The number of halogens is 2. The van der Waals surface area contributed by atoms with E-state index in [0.29, 0.717) is 5.92 Å². The molecule has 2 atom stereocenters. The summed E-state index contributed by atoms with van der Waals surface area (Å²) in [5.74, 6) is 0.349. The Labute approximate surface area is 130 Å². The Kier molecular flexibility index (Phi) is 15.6. The van der Waals surface area contributed by atoms with Crippen LogP contribution in [0.2, 0.25) is 0 Å². The van der Waals surface area contributed by atoms with Gasteiger partial charge in [-0.2, -0.15) is 0 Å². The van der Waals surface area contributed by atoms with Crippen molar-refractivity contribution in [2.24, 2.45) is 5.92 Å². The molecule has 0 aromatic rings. The lowest BCUT2D eigenvalue weighted by atomic mass is 10.0. The molecule has 18 heavy (non-hydrogen) atoms. The van der Waals surface area contributed by atoms with Gasteiger partial charge in [-0.1, -0.05) is 74.7 Å². The molecule has 3 nitrogen and oxygen atoms in total. The summed E-state index contributed by atoms with van der Waals surface area (Å²) in [4.78, 5) is 10.3. The molecule has 0 aromatic carbocycles. The molecule has 0 aliphatic carbocycles. The van der Waals surface area contributed by atoms with Gasteiger partial charge in [0.2, 0.25) is 0 Å². The van der Waals surface area contributed by atoms with E-state index in [4.69, 9.17) is 5.11 Å². The average molecular weight is 389 g/mol. The summed E-state index contributed by atoms with van der Waals surface area (Å²) in [5, 5.41) is 11.0. The smallest absolute Gasteiger partial charge is 0.405 e. The summed E-state index contributed by atoms with van der Waals surface area (Å²) in [6.07, 6.45) is 9.22. The third-order valence-corrected chi connectivity index (χ3v) is 4.16. The van der Waals surface area contributed by atoms with E-state index in [-0.39, 0.29) is 21.9 Å². The van der Waals surface area contributed by atoms with Crippen molar-refractivity contribution in [2.45, 2.75) is 70.2 Å². The number of carbonyl (C=O) groups is 1. The number of carboxylic acid groups (broad SMARTS) is 1. The van der Waals surface area contributed by atoms with Crippen LogP contribution in [0.15, 0.2) is 0 Å². The molecule has 2 N–H and O–H groups in total. The van der Waals surface area contributed by atoms with Crippen LogP contribution < -0.4 is 5.32 Å². The van der Waals surface area contributed by atoms with E-state index in [1.807, 2.05) is 0 Å². The fraction of sp³-hybridized carbons (Fsp3) is 0.923. The lowest BCUT2D eigenvalue weighted by Crippen LogP contribution is -2.33. The van der Waals surface area contributed by atoms with Gasteiger partial charge in [0.25, 0.3) is 0 Å². The maximum atomic E-state index is 10.4. The summed E-state index contributed by atoms with van der Waals surface area (Å²) in [7, 11) is 0. The Morgan fingerprint density at radius 1 is 1.17 bits per heavy atom. The third kappa shape index (κ3) is 12.7. The van der Waals surface area contributed by atoms with E-state index in [1.54, 1.807) is 0 Å². The first-order chi connectivity index (χ1) is 8.07. The molecule has 0 aliphatic rings. The predicted octanol–water partition coefficient (Wildman–Crippen LogP) is 5.33. The van der Waals surface area contributed by atoms with Crippen LogP contribution in [0.1, 0.15) is 65.2 Å². The minimum atomic E-state index is -0.960. The van der Waals surface area contributed by atoms with Gasteiger partial charge in [-0.15, -0.1) is 17.0 Å². The Morgan fingerprint density at radius 2 is 1.67 bits per heavy atom. The molecule has 0 aliphatic heterocycles. The van der Waals surface area contributed by atoms with E-state index in [0.717, 1.165) is 6.42 Å². The molecule has 0 radical (unpaired) electrons. The summed E-state index contributed by atoms with van der Waals surface area (Å²) >= 11 is 3.36. The Morgan fingerprint density at radius 3 is 2.17 bits per heavy atom. The second-order valence-electron chi connectivity index (χ2n) is 4.74. The van der Waals surface area contributed by atoms with Crippen molar-refractivity contribution >= 4 is 39.0 Å². The van der Waals surface area contributed by atoms with Crippen molar-refractivity contribution in [1.82, 2.24) is 5.32 Å². The van der Waals surface area contributed by atoms with Gasteiger partial charge in [-0.25, -0.2) is 4.79 Å². The Bertz CT molecular complexity index is 203. The SMILES string of the molecule is Br.CCCCCCCCCC(C)C(Br)NC(=O)O. The zero-order valence-electron chi connectivity index (χ0n) is 11.5. The highest BCUT2D eigenvalue weighted by molar-refractivity contribution is 9.09. The van der Waals surface area contributed by atoms with Crippen molar-refractivity contribution in [3.63, 3.8) is 0 Å². The normalized spacial score (nSPS) is 13.5. The minimum absolute atomic E-state index is 0. The largest absolute Gasteiger partial charge is 0.465 e. The predicted molar refractivity (Wildman–Crippen MR) is 86.0 cm³/mol. The van der Waals surface area contributed by atoms with Crippen molar-refractivity contribution < 1.29 is 9.90 Å². The van der Waals surface area contributed by atoms with Gasteiger partial charge >= 0.3 is 6.09 Å². The molecule has 0 saturated heterocycles. The minimum Gasteiger partial charge on any atom is -0.465 e. The molecule has 5 heteroatoms. The van der Waals surface area contributed by atoms with Crippen LogP contribution in [0.3, 0.4) is 0 Å².